The van der Waals surface area contributed by atoms with Crippen LogP contribution < -0.4 is 5.32 Å². The Morgan fingerprint density at radius 2 is 1.83 bits per heavy atom. The van der Waals surface area contributed by atoms with Gasteiger partial charge in [0.25, 0.3) is 0 Å². The van der Waals surface area contributed by atoms with E-state index in [1.165, 1.54) is 11.8 Å². The number of aryl methyl sites for hydroxylation is 2. The topological polar surface area (TPSA) is 69.7 Å². The molecule has 1 aliphatic heterocycles. The van der Waals surface area contributed by atoms with Crippen molar-refractivity contribution in [3.05, 3.63) is 70.9 Å². The van der Waals surface area contributed by atoms with E-state index in [4.69, 9.17) is 0 Å². The zero-order chi connectivity index (χ0) is 21.8. The van der Waals surface area contributed by atoms with Gasteiger partial charge in [0.2, 0.25) is 17.7 Å². The monoisotopic (exact) mass is 405 g/mol. The maximum Gasteiger partial charge on any atom is 0.243 e. The predicted octanol–water partition coefficient (Wildman–Crippen LogP) is 3.66. The molecular formula is C24H27N3O3. The van der Waals surface area contributed by atoms with Crippen molar-refractivity contribution < 1.29 is 14.4 Å². The summed E-state index contributed by atoms with van der Waals surface area (Å²) in [5, 5.41) is 2.87. The highest BCUT2D eigenvalue weighted by atomic mass is 16.2. The molecule has 0 aliphatic carbocycles. The molecule has 0 spiro atoms. The van der Waals surface area contributed by atoms with E-state index < -0.39 is 0 Å². The van der Waals surface area contributed by atoms with Gasteiger partial charge in [0.1, 0.15) is 0 Å². The fraction of sp³-hybridized carbons (Fsp3) is 0.292. The zero-order valence-corrected chi connectivity index (χ0v) is 17.8. The van der Waals surface area contributed by atoms with Gasteiger partial charge in [-0.2, -0.15) is 0 Å². The van der Waals surface area contributed by atoms with Crippen molar-refractivity contribution in [2.75, 3.05) is 18.9 Å². The predicted molar refractivity (Wildman–Crippen MR) is 118 cm³/mol. The van der Waals surface area contributed by atoms with Crippen molar-refractivity contribution in [2.24, 2.45) is 0 Å². The summed E-state index contributed by atoms with van der Waals surface area (Å²) >= 11 is 0. The molecule has 2 aromatic rings. The van der Waals surface area contributed by atoms with Crippen LogP contribution in [-0.2, 0) is 14.4 Å². The van der Waals surface area contributed by atoms with Crippen molar-refractivity contribution in [2.45, 2.75) is 33.2 Å². The molecule has 6 heteroatoms. The number of benzene rings is 2. The number of likely N-dealkylation sites (N-methyl/N-ethyl adjacent to an activating group) is 1. The molecule has 2 aromatic carbocycles. The molecule has 30 heavy (non-hydrogen) atoms. The van der Waals surface area contributed by atoms with Crippen molar-refractivity contribution in [3.63, 3.8) is 0 Å². The first-order valence-corrected chi connectivity index (χ1v) is 9.93. The van der Waals surface area contributed by atoms with Crippen LogP contribution >= 0.6 is 0 Å². The van der Waals surface area contributed by atoms with Crippen molar-refractivity contribution >= 4 is 29.5 Å². The molecule has 3 amide bonds. The summed E-state index contributed by atoms with van der Waals surface area (Å²) < 4.78 is 0. The average Bonchev–Trinajstić information content (AvgIpc) is 2.70. The molecule has 1 heterocycles. The standard InChI is InChI=1S/C24H27N3O3/c1-16-9-10-17(2)21(13-16)25-23(29)15-26(4)24(30)14-22-20-8-6-5-7-19(20)11-12-27(22)18(3)28/h5-13,22H,14-15H2,1-4H3,(H,25,29)/t22-/m1/s1. The molecule has 0 bridgehead atoms. The third-order valence-corrected chi connectivity index (χ3v) is 5.31. The lowest BCUT2D eigenvalue weighted by Crippen LogP contribution is -2.39. The Bertz CT molecular complexity index is 1010. The Labute approximate surface area is 177 Å². The van der Waals surface area contributed by atoms with Gasteiger partial charge < -0.3 is 15.1 Å². The zero-order valence-electron chi connectivity index (χ0n) is 17.8. The van der Waals surface area contributed by atoms with Crippen LogP contribution in [0.5, 0.6) is 0 Å². The normalized spacial score (nSPS) is 14.8. The van der Waals surface area contributed by atoms with E-state index in [9.17, 15) is 14.4 Å². The minimum Gasteiger partial charge on any atom is -0.336 e. The molecule has 1 atom stereocenters. The number of hydrogen-bond acceptors (Lipinski definition) is 3. The van der Waals surface area contributed by atoms with Crippen LogP contribution in [0.3, 0.4) is 0 Å². The Kier molecular flexibility index (Phi) is 6.35. The summed E-state index contributed by atoms with van der Waals surface area (Å²) in [6.07, 6.45) is 3.70. The highest BCUT2D eigenvalue weighted by Gasteiger charge is 2.29. The van der Waals surface area contributed by atoms with Crippen LogP contribution in [0, 0.1) is 13.8 Å². The lowest BCUT2D eigenvalue weighted by Gasteiger charge is -2.33. The third kappa shape index (κ3) is 4.76. The van der Waals surface area contributed by atoms with E-state index in [1.807, 2.05) is 62.4 Å². The number of nitrogens with zero attached hydrogens (tertiary/aromatic N) is 2. The fourth-order valence-electron chi connectivity index (χ4n) is 3.60. The Balaban J connectivity index is 1.68. The van der Waals surface area contributed by atoms with E-state index >= 15 is 0 Å². The molecule has 1 aliphatic rings. The van der Waals surface area contributed by atoms with Crippen LogP contribution in [0.4, 0.5) is 5.69 Å². The summed E-state index contributed by atoms with van der Waals surface area (Å²) in [6.45, 7) is 5.31. The van der Waals surface area contributed by atoms with Crippen LogP contribution in [0.2, 0.25) is 0 Å². The van der Waals surface area contributed by atoms with Gasteiger partial charge in [-0.15, -0.1) is 0 Å². The Morgan fingerprint density at radius 1 is 1.10 bits per heavy atom. The minimum absolute atomic E-state index is 0.0590. The molecular weight excluding hydrogens is 378 g/mol. The number of hydrogen-bond donors (Lipinski definition) is 1. The van der Waals surface area contributed by atoms with Gasteiger partial charge in [0.05, 0.1) is 19.0 Å². The molecule has 0 aromatic heterocycles. The SMILES string of the molecule is CC(=O)N1C=Cc2ccccc2[C@H]1CC(=O)N(C)CC(=O)Nc1cc(C)ccc1C. The molecule has 0 saturated carbocycles. The van der Waals surface area contributed by atoms with Gasteiger partial charge in [0.15, 0.2) is 0 Å². The lowest BCUT2D eigenvalue weighted by atomic mass is 9.93. The van der Waals surface area contributed by atoms with Gasteiger partial charge in [0, 0.05) is 25.9 Å². The molecule has 1 N–H and O–H groups in total. The Hall–Kier alpha value is -3.41. The fourth-order valence-corrected chi connectivity index (χ4v) is 3.60. The number of fused-ring (bicyclic) bond motifs is 1. The molecule has 0 unspecified atom stereocenters. The summed E-state index contributed by atoms with van der Waals surface area (Å²) in [6, 6.07) is 13.2. The number of anilines is 1. The molecule has 0 radical (unpaired) electrons. The second-order valence-corrected chi connectivity index (χ2v) is 7.71. The lowest BCUT2D eigenvalue weighted by molar-refractivity contribution is -0.136. The van der Waals surface area contributed by atoms with Gasteiger partial charge in [-0.25, -0.2) is 0 Å². The Morgan fingerprint density at radius 3 is 2.57 bits per heavy atom. The van der Waals surface area contributed by atoms with Crippen LogP contribution in [0.15, 0.2) is 48.7 Å². The van der Waals surface area contributed by atoms with Crippen molar-refractivity contribution in [3.8, 4) is 0 Å². The summed E-state index contributed by atoms with van der Waals surface area (Å²) in [5.74, 6) is -0.590. The summed E-state index contributed by atoms with van der Waals surface area (Å²) in [5.41, 5.74) is 4.68. The van der Waals surface area contributed by atoms with Gasteiger partial charge in [-0.05, 0) is 48.2 Å². The maximum atomic E-state index is 12.9. The second kappa shape index (κ2) is 8.95. The molecule has 0 fully saturated rings. The van der Waals surface area contributed by atoms with Crippen LogP contribution in [0.25, 0.3) is 6.08 Å². The molecule has 6 nitrogen and oxygen atoms in total. The smallest absolute Gasteiger partial charge is 0.243 e. The molecule has 156 valence electrons. The summed E-state index contributed by atoms with van der Waals surface area (Å²) in [7, 11) is 1.60. The minimum atomic E-state index is -0.388. The van der Waals surface area contributed by atoms with Crippen molar-refractivity contribution in [1.82, 2.24) is 9.80 Å². The summed E-state index contributed by atoms with van der Waals surface area (Å²) in [4.78, 5) is 40.4. The first-order valence-electron chi connectivity index (χ1n) is 9.93. The van der Waals surface area contributed by atoms with Gasteiger partial charge in [-0.1, -0.05) is 36.4 Å². The number of rotatable bonds is 5. The van der Waals surface area contributed by atoms with Crippen molar-refractivity contribution in [1.29, 1.82) is 0 Å². The highest BCUT2D eigenvalue weighted by molar-refractivity contribution is 5.95. The number of carbonyl (C=O) groups is 3. The number of nitrogens with one attached hydrogen (secondary N) is 1. The number of amides is 3. The quantitative estimate of drug-likeness (QED) is 0.825. The molecule has 3 rings (SSSR count). The van der Waals surface area contributed by atoms with E-state index in [1.54, 1.807) is 18.1 Å². The first kappa shape index (κ1) is 21.3. The van der Waals surface area contributed by atoms with E-state index in [2.05, 4.69) is 5.32 Å². The second-order valence-electron chi connectivity index (χ2n) is 7.71. The van der Waals surface area contributed by atoms with Crippen LogP contribution in [-0.4, -0.2) is 41.1 Å². The van der Waals surface area contributed by atoms with Gasteiger partial charge in [-0.3, -0.25) is 14.4 Å². The number of carbonyl (C=O) groups excluding carboxylic acids is 3. The highest BCUT2D eigenvalue weighted by Crippen LogP contribution is 2.33. The average molecular weight is 405 g/mol. The van der Waals surface area contributed by atoms with Crippen LogP contribution in [0.1, 0.15) is 41.6 Å². The maximum absolute atomic E-state index is 12.9. The van der Waals surface area contributed by atoms with E-state index in [0.717, 1.165) is 27.9 Å². The van der Waals surface area contributed by atoms with E-state index in [0.29, 0.717) is 0 Å². The third-order valence-electron chi connectivity index (χ3n) is 5.31. The first-order chi connectivity index (χ1) is 14.3. The largest absolute Gasteiger partial charge is 0.336 e. The van der Waals surface area contributed by atoms with E-state index in [-0.39, 0.29) is 36.7 Å². The molecule has 0 saturated heterocycles. The van der Waals surface area contributed by atoms with Gasteiger partial charge >= 0.3 is 0 Å².